The number of carboxylic acids is 1. The van der Waals surface area contributed by atoms with Gasteiger partial charge in [0.1, 0.15) is 5.75 Å². The molecule has 0 aliphatic rings. The molecule has 2 amide bonds. The number of carboxylic acid groups (broad SMARTS) is 1. The minimum atomic E-state index is -1.09. The van der Waals surface area contributed by atoms with Gasteiger partial charge >= 0.3 is 12.0 Å². The Labute approximate surface area is 172 Å². The van der Waals surface area contributed by atoms with Gasteiger partial charge in [0.25, 0.3) is 0 Å². The number of aliphatic carboxylic acids is 1. The van der Waals surface area contributed by atoms with Crippen molar-refractivity contribution in [2.24, 2.45) is 5.10 Å². The number of amides is 2. The van der Waals surface area contributed by atoms with Gasteiger partial charge in [0.2, 0.25) is 0 Å². The van der Waals surface area contributed by atoms with Crippen LogP contribution in [0.3, 0.4) is 0 Å². The standard InChI is InChI=1S/C17H15BrIN3O4/c1-10-4-2-3-5-14(10)21-17(25)22-20-8-11-6-12(19)7-13(18)16(11)26-9-15(23)24/h2-8H,9H2,1H3,(H,23,24)(H2,21,22,25). The second-order valence-electron chi connectivity index (χ2n) is 5.13. The van der Waals surface area contributed by atoms with Crippen LogP contribution in [0.1, 0.15) is 11.1 Å². The lowest BCUT2D eigenvalue weighted by Gasteiger charge is -2.10. The number of anilines is 1. The second kappa shape index (κ2) is 9.53. The van der Waals surface area contributed by atoms with Gasteiger partial charge in [-0.25, -0.2) is 15.0 Å². The molecule has 0 spiro atoms. The number of urea groups is 1. The third kappa shape index (κ3) is 5.99. The quantitative estimate of drug-likeness (QED) is 0.298. The molecule has 0 aliphatic heterocycles. The van der Waals surface area contributed by atoms with E-state index < -0.39 is 18.6 Å². The minimum Gasteiger partial charge on any atom is -0.480 e. The molecule has 2 aromatic rings. The molecule has 26 heavy (non-hydrogen) atoms. The topological polar surface area (TPSA) is 100 Å². The highest BCUT2D eigenvalue weighted by molar-refractivity contribution is 14.1. The predicted molar refractivity (Wildman–Crippen MR) is 111 cm³/mol. The van der Waals surface area contributed by atoms with Crippen LogP contribution in [0.4, 0.5) is 10.5 Å². The van der Waals surface area contributed by atoms with Gasteiger partial charge in [-0.05, 0) is 69.2 Å². The number of carbonyl (C=O) groups excluding carboxylic acids is 1. The summed E-state index contributed by atoms with van der Waals surface area (Å²) in [5.41, 5.74) is 4.51. The van der Waals surface area contributed by atoms with Crippen LogP contribution in [0.15, 0.2) is 46.0 Å². The van der Waals surface area contributed by atoms with Crippen molar-refractivity contribution in [1.29, 1.82) is 0 Å². The second-order valence-corrected chi connectivity index (χ2v) is 7.23. The van der Waals surface area contributed by atoms with Gasteiger partial charge in [0, 0.05) is 14.8 Å². The number of carbonyl (C=O) groups is 2. The van der Waals surface area contributed by atoms with E-state index in [0.29, 0.717) is 21.5 Å². The Hall–Kier alpha value is -2.14. The van der Waals surface area contributed by atoms with Gasteiger partial charge in [0.15, 0.2) is 6.61 Å². The Morgan fingerprint density at radius 1 is 1.35 bits per heavy atom. The summed E-state index contributed by atoms with van der Waals surface area (Å²) < 4.78 is 6.77. The highest BCUT2D eigenvalue weighted by atomic mass is 127. The van der Waals surface area contributed by atoms with Crippen LogP contribution >= 0.6 is 38.5 Å². The first kappa shape index (κ1) is 20.2. The summed E-state index contributed by atoms with van der Waals surface area (Å²) in [6, 6.07) is 10.4. The van der Waals surface area contributed by atoms with Gasteiger partial charge in [-0.3, -0.25) is 0 Å². The number of hydrogen-bond donors (Lipinski definition) is 3. The van der Waals surface area contributed by atoms with Crippen molar-refractivity contribution in [3.8, 4) is 5.75 Å². The van der Waals surface area contributed by atoms with Crippen LogP contribution in [-0.4, -0.2) is 29.9 Å². The summed E-state index contributed by atoms with van der Waals surface area (Å²) >= 11 is 5.45. The Morgan fingerprint density at radius 2 is 2.08 bits per heavy atom. The lowest BCUT2D eigenvalue weighted by atomic mass is 10.2. The Morgan fingerprint density at radius 3 is 2.77 bits per heavy atom. The van der Waals surface area contributed by atoms with E-state index in [1.165, 1.54) is 6.21 Å². The normalized spacial score (nSPS) is 10.6. The molecular weight excluding hydrogens is 517 g/mol. The zero-order chi connectivity index (χ0) is 19.1. The highest BCUT2D eigenvalue weighted by Gasteiger charge is 2.11. The molecule has 0 atom stereocenters. The van der Waals surface area contributed by atoms with Crippen LogP contribution in [-0.2, 0) is 4.79 Å². The largest absolute Gasteiger partial charge is 0.480 e. The number of ether oxygens (including phenoxy) is 1. The summed E-state index contributed by atoms with van der Waals surface area (Å²) in [5.74, 6) is -0.758. The SMILES string of the molecule is Cc1ccccc1NC(=O)NN=Cc1cc(I)cc(Br)c1OCC(=O)O. The number of hydrazone groups is 1. The molecular formula is C17H15BrIN3O4. The van der Waals surface area contributed by atoms with E-state index in [4.69, 9.17) is 9.84 Å². The summed E-state index contributed by atoms with van der Waals surface area (Å²) in [4.78, 5) is 22.7. The Balaban J connectivity index is 2.08. The van der Waals surface area contributed by atoms with E-state index in [9.17, 15) is 9.59 Å². The molecule has 9 heteroatoms. The zero-order valence-corrected chi connectivity index (χ0v) is 17.4. The maximum atomic E-state index is 11.9. The fraction of sp³-hybridized carbons (Fsp3) is 0.118. The molecule has 2 aromatic carbocycles. The van der Waals surface area contributed by atoms with Crippen molar-refractivity contribution >= 4 is 62.4 Å². The first-order valence-corrected chi connectivity index (χ1v) is 9.23. The average molecular weight is 532 g/mol. The highest BCUT2D eigenvalue weighted by Crippen LogP contribution is 2.30. The molecule has 7 nitrogen and oxygen atoms in total. The summed E-state index contributed by atoms with van der Waals surface area (Å²) in [7, 11) is 0. The number of aryl methyl sites for hydroxylation is 1. The van der Waals surface area contributed by atoms with Crippen molar-refractivity contribution < 1.29 is 19.4 Å². The van der Waals surface area contributed by atoms with Crippen molar-refractivity contribution in [1.82, 2.24) is 5.43 Å². The minimum absolute atomic E-state index is 0.331. The fourth-order valence-electron chi connectivity index (χ4n) is 1.99. The molecule has 0 unspecified atom stereocenters. The van der Waals surface area contributed by atoms with Crippen LogP contribution < -0.4 is 15.5 Å². The average Bonchev–Trinajstić information content (AvgIpc) is 2.55. The third-order valence-corrected chi connectivity index (χ3v) is 4.35. The maximum absolute atomic E-state index is 11.9. The predicted octanol–water partition coefficient (Wildman–Crippen LogP) is 3.98. The molecule has 0 bridgehead atoms. The Bertz CT molecular complexity index is 858. The van der Waals surface area contributed by atoms with Gasteiger partial charge in [-0.1, -0.05) is 18.2 Å². The first-order valence-electron chi connectivity index (χ1n) is 7.36. The number of halogens is 2. The molecule has 0 saturated heterocycles. The van der Waals surface area contributed by atoms with Gasteiger partial charge < -0.3 is 15.2 Å². The van der Waals surface area contributed by atoms with E-state index >= 15 is 0 Å². The van der Waals surface area contributed by atoms with Crippen LogP contribution in [0.25, 0.3) is 0 Å². The van der Waals surface area contributed by atoms with Crippen LogP contribution in [0.2, 0.25) is 0 Å². The van der Waals surface area contributed by atoms with Crippen molar-refractivity contribution in [2.45, 2.75) is 6.92 Å². The van der Waals surface area contributed by atoms with E-state index in [1.54, 1.807) is 18.2 Å². The van der Waals surface area contributed by atoms with Crippen LogP contribution in [0.5, 0.6) is 5.75 Å². The lowest BCUT2D eigenvalue weighted by Crippen LogP contribution is -2.24. The van der Waals surface area contributed by atoms with Gasteiger partial charge in [-0.15, -0.1) is 0 Å². The number of rotatable bonds is 6. The first-order chi connectivity index (χ1) is 12.4. The molecule has 3 N–H and O–H groups in total. The Kier molecular flexibility index (Phi) is 7.39. The molecule has 2 rings (SSSR count). The lowest BCUT2D eigenvalue weighted by molar-refractivity contribution is -0.139. The number of nitrogens with one attached hydrogen (secondary N) is 2. The van der Waals surface area contributed by atoms with E-state index in [1.807, 2.05) is 25.1 Å². The molecule has 0 radical (unpaired) electrons. The molecule has 0 heterocycles. The van der Waals surface area contributed by atoms with E-state index in [-0.39, 0.29) is 0 Å². The molecule has 0 fully saturated rings. The smallest absolute Gasteiger partial charge is 0.341 e. The van der Waals surface area contributed by atoms with Crippen LogP contribution in [0, 0.1) is 10.5 Å². The van der Waals surface area contributed by atoms with E-state index in [0.717, 1.165) is 9.13 Å². The van der Waals surface area contributed by atoms with Gasteiger partial charge in [0.05, 0.1) is 10.7 Å². The van der Waals surface area contributed by atoms with Gasteiger partial charge in [-0.2, -0.15) is 5.10 Å². The molecule has 0 saturated carbocycles. The van der Waals surface area contributed by atoms with E-state index in [2.05, 4.69) is 54.4 Å². The van der Waals surface area contributed by atoms with Crippen molar-refractivity contribution in [3.05, 3.63) is 55.6 Å². The zero-order valence-electron chi connectivity index (χ0n) is 13.6. The molecule has 0 aromatic heterocycles. The number of para-hydroxylation sites is 1. The summed E-state index contributed by atoms with van der Waals surface area (Å²) in [5, 5.41) is 15.4. The number of hydrogen-bond acceptors (Lipinski definition) is 4. The number of nitrogens with zero attached hydrogens (tertiary/aromatic N) is 1. The molecule has 0 aliphatic carbocycles. The third-order valence-electron chi connectivity index (χ3n) is 3.14. The van der Waals surface area contributed by atoms with Crippen molar-refractivity contribution in [3.63, 3.8) is 0 Å². The number of benzene rings is 2. The maximum Gasteiger partial charge on any atom is 0.341 e. The summed E-state index contributed by atoms with van der Waals surface area (Å²) in [6.07, 6.45) is 1.39. The fourth-order valence-corrected chi connectivity index (χ4v) is 3.65. The molecule has 136 valence electrons. The van der Waals surface area contributed by atoms with Crippen molar-refractivity contribution in [2.75, 3.05) is 11.9 Å². The monoisotopic (exact) mass is 531 g/mol. The summed E-state index contributed by atoms with van der Waals surface area (Å²) in [6.45, 7) is 1.40.